The van der Waals surface area contributed by atoms with E-state index in [4.69, 9.17) is 10.5 Å². The molecule has 0 saturated heterocycles. The monoisotopic (exact) mass is 331 g/mol. The van der Waals surface area contributed by atoms with E-state index < -0.39 is 0 Å². The van der Waals surface area contributed by atoms with Crippen molar-refractivity contribution in [2.75, 3.05) is 0 Å². The number of rotatable bonds is 3. The van der Waals surface area contributed by atoms with Gasteiger partial charge in [0.25, 0.3) is 0 Å². The average molecular weight is 332 g/mol. The van der Waals surface area contributed by atoms with E-state index in [1.54, 1.807) is 0 Å². The molecule has 1 aliphatic carbocycles. The third kappa shape index (κ3) is 2.74. The van der Waals surface area contributed by atoms with Crippen LogP contribution in [0.4, 0.5) is 0 Å². The van der Waals surface area contributed by atoms with Crippen LogP contribution in [-0.4, -0.2) is 0 Å². The maximum absolute atomic E-state index is 6.27. The molecular formula is C17H18BrNO. The van der Waals surface area contributed by atoms with Crippen molar-refractivity contribution in [3.05, 3.63) is 63.6 Å². The van der Waals surface area contributed by atoms with Gasteiger partial charge in [0.05, 0.1) is 0 Å². The maximum atomic E-state index is 6.27. The lowest BCUT2D eigenvalue weighted by Gasteiger charge is -2.27. The number of halogens is 1. The van der Waals surface area contributed by atoms with Gasteiger partial charge in [0.1, 0.15) is 11.9 Å². The molecule has 0 saturated carbocycles. The molecule has 3 rings (SSSR count). The van der Waals surface area contributed by atoms with Gasteiger partial charge >= 0.3 is 0 Å². The number of nitrogens with two attached hydrogens (primary N) is 1. The molecule has 2 nitrogen and oxygen atoms in total. The van der Waals surface area contributed by atoms with Gasteiger partial charge in [0, 0.05) is 16.6 Å². The van der Waals surface area contributed by atoms with Crippen LogP contribution in [0.25, 0.3) is 0 Å². The molecule has 1 unspecified atom stereocenters. The van der Waals surface area contributed by atoms with E-state index >= 15 is 0 Å². The Balaban J connectivity index is 1.91. The summed E-state index contributed by atoms with van der Waals surface area (Å²) >= 11 is 3.50. The fourth-order valence-electron chi connectivity index (χ4n) is 2.79. The lowest BCUT2D eigenvalue weighted by Crippen LogP contribution is -2.16. The Kier molecular flexibility index (Phi) is 4.08. The fourth-order valence-corrected chi connectivity index (χ4v) is 3.13. The molecule has 0 amide bonds. The van der Waals surface area contributed by atoms with E-state index in [9.17, 15) is 0 Å². The van der Waals surface area contributed by atoms with Gasteiger partial charge in [-0.2, -0.15) is 0 Å². The topological polar surface area (TPSA) is 35.2 Å². The predicted molar refractivity (Wildman–Crippen MR) is 84.8 cm³/mol. The molecule has 2 aromatic rings. The molecule has 0 radical (unpaired) electrons. The molecular weight excluding hydrogens is 314 g/mol. The van der Waals surface area contributed by atoms with Crippen LogP contribution in [-0.2, 0) is 13.0 Å². The molecule has 1 atom stereocenters. The zero-order valence-corrected chi connectivity index (χ0v) is 12.9. The highest BCUT2D eigenvalue weighted by molar-refractivity contribution is 9.10. The van der Waals surface area contributed by atoms with E-state index in [1.165, 1.54) is 17.5 Å². The largest absolute Gasteiger partial charge is 0.485 e. The van der Waals surface area contributed by atoms with E-state index in [2.05, 4.69) is 40.2 Å². The van der Waals surface area contributed by atoms with E-state index in [1.807, 2.05) is 18.2 Å². The maximum Gasteiger partial charge on any atom is 0.125 e. The lowest BCUT2D eigenvalue weighted by atomic mass is 9.89. The van der Waals surface area contributed by atoms with Crippen LogP contribution in [0.2, 0.25) is 0 Å². The second kappa shape index (κ2) is 5.98. The number of fused-ring (bicyclic) bond motifs is 1. The second-order valence-corrected chi connectivity index (χ2v) is 6.07. The molecule has 0 bridgehead atoms. The third-order valence-electron chi connectivity index (χ3n) is 3.83. The average Bonchev–Trinajstić information content (AvgIpc) is 2.48. The Morgan fingerprint density at radius 2 is 2.05 bits per heavy atom. The van der Waals surface area contributed by atoms with Crippen LogP contribution in [0, 0.1) is 0 Å². The lowest BCUT2D eigenvalue weighted by molar-refractivity contribution is 0.181. The Morgan fingerprint density at radius 1 is 1.20 bits per heavy atom. The van der Waals surface area contributed by atoms with Crippen LogP contribution >= 0.6 is 15.9 Å². The van der Waals surface area contributed by atoms with Gasteiger partial charge in [0.2, 0.25) is 0 Å². The highest BCUT2D eigenvalue weighted by atomic mass is 79.9. The van der Waals surface area contributed by atoms with E-state index in [0.29, 0.717) is 6.54 Å². The van der Waals surface area contributed by atoms with Crippen LogP contribution in [0.3, 0.4) is 0 Å². The summed E-state index contributed by atoms with van der Waals surface area (Å²) < 4.78 is 7.30. The van der Waals surface area contributed by atoms with Gasteiger partial charge in [-0.15, -0.1) is 0 Å². The quantitative estimate of drug-likeness (QED) is 0.906. The zero-order chi connectivity index (χ0) is 13.9. The standard InChI is InChI=1S/C17H18BrNO/c18-14-9-8-13(11-19)17(10-14)20-16-7-3-5-12-4-1-2-6-15(12)16/h1-2,4,6,8-10,16H,3,5,7,11,19H2. The Morgan fingerprint density at radius 3 is 2.90 bits per heavy atom. The third-order valence-corrected chi connectivity index (χ3v) is 4.33. The van der Waals surface area contributed by atoms with Gasteiger partial charge in [-0.1, -0.05) is 46.3 Å². The highest BCUT2D eigenvalue weighted by Gasteiger charge is 2.22. The zero-order valence-electron chi connectivity index (χ0n) is 11.3. The van der Waals surface area contributed by atoms with E-state index in [-0.39, 0.29) is 6.10 Å². The van der Waals surface area contributed by atoms with Gasteiger partial charge in [-0.05, 0) is 42.5 Å². The van der Waals surface area contributed by atoms with Crippen LogP contribution in [0.5, 0.6) is 5.75 Å². The molecule has 0 spiro atoms. The summed E-state index contributed by atoms with van der Waals surface area (Å²) in [6.45, 7) is 0.497. The molecule has 2 N–H and O–H groups in total. The van der Waals surface area contributed by atoms with Crippen molar-refractivity contribution in [3.63, 3.8) is 0 Å². The van der Waals surface area contributed by atoms with Crippen molar-refractivity contribution in [1.29, 1.82) is 0 Å². The molecule has 0 heterocycles. The van der Waals surface area contributed by atoms with Crippen molar-refractivity contribution in [3.8, 4) is 5.75 Å². The predicted octanol–water partition coefficient (Wildman–Crippen LogP) is 4.36. The smallest absolute Gasteiger partial charge is 0.125 e. The molecule has 20 heavy (non-hydrogen) atoms. The first kappa shape index (κ1) is 13.7. The second-order valence-electron chi connectivity index (χ2n) is 5.15. The molecule has 0 fully saturated rings. The minimum absolute atomic E-state index is 0.138. The SMILES string of the molecule is NCc1ccc(Br)cc1OC1CCCc2ccccc21. The number of ether oxygens (including phenoxy) is 1. The van der Waals surface area contributed by atoms with Crippen molar-refractivity contribution < 1.29 is 4.74 Å². The number of benzene rings is 2. The summed E-state index contributed by atoms with van der Waals surface area (Å²) in [6.07, 6.45) is 3.53. The fraction of sp³-hybridized carbons (Fsp3) is 0.294. The first-order valence-corrected chi connectivity index (χ1v) is 7.80. The summed E-state index contributed by atoms with van der Waals surface area (Å²) in [4.78, 5) is 0. The van der Waals surface area contributed by atoms with Crippen molar-refractivity contribution in [2.45, 2.75) is 31.9 Å². The summed E-state index contributed by atoms with van der Waals surface area (Å²) in [7, 11) is 0. The number of aryl methyl sites for hydroxylation is 1. The molecule has 0 aliphatic heterocycles. The van der Waals surface area contributed by atoms with E-state index in [0.717, 1.165) is 28.6 Å². The minimum atomic E-state index is 0.138. The van der Waals surface area contributed by atoms with Gasteiger partial charge in [-0.3, -0.25) is 0 Å². The summed E-state index contributed by atoms with van der Waals surface area (Å²) in [5, 5.41) is 0. The highest BCUT2D eigenvalue weighted by Crippen LogP contribution is 2.35. The van der Waals surface area contributed by atoms with Gasteiger partial charge in [0.15, 0.2) is 0 Å². The molecule has 104 valence electrons. The summed E-state index contributed by atoms with van der Waals surface area (Å²) in [5.74, 6) is 0.892. The van der Waals surface area contributed by atoms with Gasteiger partial charge in [-0.25, -0.2) is 0 Å². The van der Waals surface area contributed by atoms with Crippen molar-refractivity contribution >= 4 is 15.9 Å². The molecule has 0 aromatic heterocycles. The first-order valence-electron chi connectivity index (χ1n) is 7.01. The number of hydrogen-bond acceptors (Lipinski definition) is 2. The van der Waals surface area contributed by atoms with Crippen molar-refractivity contribution in [2.24, 2.45) is 5.73 Å². The van der Waals surface area contributed by atoms with Gasteiger partial charge < -0.3 is 10.5 Å². The summed E-state index contributed by atoms with van der Waals surface area (Å²) in [5.41, 5.74) is 9.59. The van der Waals surface area contributed by atoms with Crippen molar-refractivity contribution in [1.82, 2.24) is 0 Å². The first-order chi connectivity index (χ1) is 9.78. The Hall–Kier alpha value is -1.32. The molecule has 2 aromatic carbocycles. The summed E-state index contributed by atoms with van der Waals surface area (Å²) in [6, 6.07) is 14.6. The normalized spacial score (nSPS) is 17.6. The van der Waals surface area contributed by atoms with Crippen LogP contribution in [0.1, 0.15) is 35.6 Å². The Labute approximate surface area is 128 Å². The Bertz CT molecular complexity index is 612. The number of hydrogen-bond donors (Lipinski definition) is 1. The van der Waals surface area contributed by atoms with Crippen LogP contribution in [0.15, 0.2) is 46.9 Å². The van der Waals surface area contributed by atoms with Crippen LogP contribution < -0.4 is 10.5 Å². The molecule has 3 heteroatoms. The molecule has 1 aliphatic rings. The minimum Gasteiger partial charge on any atom is -0.485 e.